The minimum Gasteiger partial charge on any atom is -0.495 e. The third kappa shape index (κ3) is 5.05. The van der Waals surface area contributed by atoms with E-state index in [9.17, 15) is 18.0 Å². The molecule has 1 aliphatic heterocycles. The average Bonchev–Trinajstić information content (AvgIpc) is 3.35. The Balaban J connectivity index is 1.55. The molecular weight excluding hydrogens is 470 g/mol. The van der Waals surface area contributed by atoms with Gasteiger partial charge >= 0.3 is 0 Å². The fourth-order valence-corrected chi connectivity index (χ4v) is 5.96. The first kappa shape index (κ1) is 24.4. The zero-order valence-corrected chi connectivity index (χ0v) is 20.3. The fraction of sp³-hybridized carbons (Fsp3) is 0.292. The predicted octanol–water partition coefficient (Wildman–Crippen LogP) is 2.80. The SMILES string of the molecule is COc1ccc(C(=O)Nc2ccc(-n3ccc(C(N)=O)n3)cc2)cc1S(=O)(=O)N1CCCCC1C. The van der Waals surface area contributed by atoms with Crippen molar-refractivity contribution in [1.29, 1.82) is 0 Å². The molecule has 1 saturated heterocycles. The minimum atomic E-state index is -3.84. The summed E-state index contributed by atoms with van der Waals surface area (Å²) >= 11 is 0. The Kier molecular flexibility index (Phi) is 6.90. The molecule has 0 radical (unpaired) electrons. The Bertz CT molecular complexity index is 1350. The summed E-state index contributed by atoms with van der Waals surface area (Å²) in [6.45, 7) is 2.33. The molecule has 0 spiro atoms. The van der Waals surface area contributed by atoms with Crippen molar-refractivity contribution >= 4 is 27.5 Å². The molecule has 0 saturated carbocycles. The Morgan fingerprint density at radius 3 is 2.49 bits per heavy atom. The first-order valence-electron chi connectivity index (χ1n) is 11.2. The van der Waals surface area contributed by atoms with Crippen molar-refractivity contribution in [2.24, 2.45) is 5.73 Å². The molecule has 2 heterocycles. The average molecular weight is 498 g/mol. The number of anilines is 1. The molecule has 1 atom stereocenters. The Labute approximate surface area is 203 Å². The van der Waals surface area contributed by atoms with Crippen LogP contribution in [0.3, 0.4) is 0 Å². The van der Waals surface area contributed by atoms with Crippen LogP contribution in [-0.2, 0) is 10.0 Å². The van der Waals surface area contributed by atoms with E-state index in [-0.39, 0.29) is 27.9 Å². The number of piperidine rings is 1. The molecule has 1 unspecified atom stereocenters. The van der Waals surface area contributed by atoms with Gasteiger partial charge in [-0.3, -0.25) is 9.59 Å². The van der Waals surface area contributed by atoms with Gasteiger partial charge in [-0.05, 0) is 68.3 Å². The first-order chi connectivity index (χ1) is 16.7. The Morgan fingerprint density at radius 2 is 1.86 bits per heavy atom. The molecule has 1 aromatic heterocycles. The molecule has 11 heteroatoms. The molecule has 0 aliphatic carbocycles. The number of carbonyl (C=O) groups excluding carboxylic acids is 2. The molecule has 3 aromatic rings. The molecule has 2 aromatic carbocycles. The van der Waals surface area contributed by atoms with Crippen molar-refractivity contribution in [3.63, 3.8) is 0 Å². The van der Waals surface area contributed by atoms with Crippen LogP contribution in [-0.4, -0.2) is 54.0 Å². The third-order valence-electron chi connectivity index (χ3n) is 5.99. The molecule has 184 valence electrons. The number of aromatic nitrogens is 2. The standard InChI is InChI=1S/C24H27N5O5S/c1-16-5-3-4-13-29(16)35(32,33)22-15-17(6-11-21(22)34-2)24(31)26-18-7-9-19(10-8-18)28-14-12-20(27-28)23(25)30/h6-12,14-16H,3-5,13H2,1-2H3,(H2,25,30)(H,26,31). The number of amides is 2. The van der Waals surface area contributed by atoms with Gasteiger partial charge in [-0.15, -0.1) is 0 Å². The van der Waals surface area contributed by atoms with Crippen LogP contribution in [0.5, 0.6) is 5.75 Å². The molecule has 0 bridgehead atoms. The molecule has 3 N–H and O–H groups in total. The molecule has 4 rings (SSSR count). The lowest BCUT2D eigenvalue weighted by atomic mass is 10.1. The number of methoxy groups -OCH3 is 1. The van der Waals surface area contributed by atoms with Gasteiger partial charge in [0.1, 0.15) is 16.3 Å². The van der Waals surface area contributed by atoms with Crippen molar-refractivity contribution in [1.82, 2.24) is 14.1 Å². The monoisotopic (exact) mass is 497 g/mol. The van der Waals surface area contributed by atoms with Gasteiger partial charge in [-0.25, -0.2) is 13.1 Å². The summed E-state index contributed by atoms with van der Waals surface area (Å²) in [5, 5.41) is 6.87. The smallest absolute Gasteiger partial charge is 0.269 e. The quantitative estimate of drug-likeness (QED) is 0.515. The van der Waals surface area contributed by atoms with Crippen LogP contribution in [0.1, 0.15) is 47.0 Å². The van der Waals surface area contributed by atoms with E-state index in [2.05, 4.69) is 10.4 Å². The minimum absolute atomic E-state index is 0.0271. The highest BCUT2D eigenvalue weighted by Gasteiger charge is 2.33. The van der Waals surface area contributed by atoms with Crippen LogP contribution >= 0.6 is 0 Å². The normalized spacial score (nSPS) is 16.6. The van der Waals surface area contributed by atoms with Crippen LogP contribution in [0.25, 0.3) is 5.69 Å². The first-order valence-corrected chi connectivity index (χ1v) is 12.6. The summed E-state index contributed by atoms with van der Waals surface area (Å²) in [4.78, 5) is 24.1. The summed E-state index contributed by atoms with van der Waals surface area (Å²) in [5.74, 6) is -0.889. The summed E-state index contributed by atoms with van der Waals surface area (Å²) in [7, 11) is -2.43. The van der Waals surface area contributed by atoms with Crippen molar-refractivity contribution in [3.8, 4) is 11.4 Å². The largest absolute Gasteiger partial charge is 0.495 e. The number of rotatable bonds is 7. The van der Waals surface area contributed by atoms with E-state index in [1.54, 1.807) is 30.5 Å². The number of nitrogens with one attached hydrogen (secondary N) is 1. The van der Waals surface area contributed by atoms with Gasteiger partial charge in [-0.2, -0.15) is 9.40 Å². The van der Waals surface area contributed by atoms with Crippen LogP contribution in [0, 0.1) is 0 Å². The predicted molar refractivity (Wildman–Crippen MR) is 130 cm³/mol. The molecule has 1 fully saturated rings. The number of carbonyl (C=O) groups is 2. The van der Waals surface area contributed by atoms with E-state index in [1.165, 1.54) is 40.4 Å². The Morgan fingerprint density at radius 1 is 1.11 bits per heavy atom. The van der Waals surface area contributed by atoms with Gasteiger partial charge < -0.3 is 15.8 Å². The van der Waals surface area contributed by atoms with Crippen molar-refractivity contribution in [2.75, 3.05) is 19.0 Å². The Hall–Kier alpha value is -3.70. The topological polar surface area (TPSA) is 137 Å². The maximum absolute atomic E-state index is 13.4. The molecule has 2 amide bonds. The number of nitrogens with two attached hydrogens (primary N) is 1. The van der Waals surface area contributed by atoms with E-state index in [0.717, 1.165) is 19.3 Å². The second kappa shape index (κ2) is 9.88. The fourth-order valence-electron chi connectivity index (χ4n) is 4.07. The van der Waals surface area contributed by atoms with Crippen LogP contribution in [0.2, 0.25) is 0 Å². The van der Waals surface area contributed by atoms with E-state index in [1.807, 2.05) is 6.92 Å². The number of hydrogen-bond acceptors (Lipinski definition) is 6. The summed E-state index contributed by atoms with van der Waals surface area (Å²) in [5.41, 5.74) is 6.75. The number of nitrogens with zero attached hydrogens (tertiary/aromatic N) is 3. The zero-order chi connectivity index (χ0) is 25.2. The number of ether oxygens (including phenoxy) is 1. The third-order valence-corrected chi connectivity index (χ3v) is 8.02. The van der Waals surface area contributed by atoms with Gasteiger partial charge in [-0.1, -0.05) is 6.42 Å². The lowest BCUT2D eigenvalue weighted by molar-refractivity contribution is 0.0993. The molecular formula is C24H27N5O5S. The van der Waals surface area contributed by atoms with Gasteiger partial charge in [0.25, 0.3) is 11.8 Å². The van der Waals surface area contributed by atoms with Crippen molar-refractivity contribution in [2.45, 2.75) is 37.1 Å². The zero-order valence-electron chi connectivity index (χ0n) is 19.5. The second-order valence-corrected chi connectivity index (χ2v) is 10.2. The van der Waals surface area contributed by atoms with Gasteiger partial charge in [0.15, 0.2) is 0 Å². The van der Waals surface area contributed by atoms with Gasteiger partial charge in [0, 0.05) is 30.0 Å². The number of sulfonamides is 1. The van der Waals surface area contributed by atoms with Gasteiger partial charge in [0.05, 0.1) is 12.8 Å². The molecule has 1 aliphatic rings. The highest BCUT2D eigenvalue weighted by molar-refractivity contribution is 7.89. The van der Waals surface area contributed by atoms with E-state index < -0.39 is 21.8 Å². The highest BCUT2D eigenvalue weighted by Crippen LogP contribution is 2.32. The summed E-state index contributed by atoms with van der Waals surface area (Å²) < 4.78 is 35.1. The number of benzene rings is 2. The summed E-state index contributed by atoms with van der Waals surface area (Å²) in [6.07, 6.45) is 4.18. The lowest BCUT2D eigenvalue weighted by Crippen LogP contribution is -2.42. The van der Waals surface area contributed by atoms with Crippen molar-refractivity contribution < 1.29 is 22.7 Å². The van der Waals surface area contributed by atoms with E-state index in [0.29, 0.717) is 17.9 Å². The van der Waals surface area contributed by atoms with Crippen LogP contribution in [0.4, 0.5) is 5.69 Å². The maximum Gasteiger partial charge on any atom is 0.269 e. The number of hydrogen-bond donors (Lipinski definition) is 2. The van der Waals surface area contributed by atoms with Crippen LogP contribution < -0.4 is 15.8 Å². The van der Waals surface area contributed by atoms with E-state index in [4.69, 9.17) is 10.5 Å². The molecule has 35 heavy (non-hydrogen) atoms. The van der Waals surface area contributed by atoms with Gasteiger partial charge in [0.2, 0.25) is 10.0 Å². The molecule has 10 nitrogen and oxygen atoms in total. The summed E-state index contributed by atoms with van der Waals surface area (Å²) in [6, 6.07) is 12.5. The highest BCUT2D eigenvalue weighted by atomic mass is 32.2. The van der Waals surface area contributed by atoms with E-state index >= 15 is 0 Å². The number of primary amides is 1. The lowest BCUT2D eigenvalue weighted by Gasteiger charge is -2.32. The van der Waals surface area contributed by atoms with Crippen molar-refractivity contribution in [3.05, 3.63) is 66.0 Å². The maximum atomic E-state index is 13.4. The van der Waals surface area contributed by atoms with Crippen LogP contribution in [0.15, 0.2) is 59.6 Å². The second-order valence-electron chi connectivity index (χ2n) is 8.34.